The number of hydrogen-bond donors (Lipinski definition) is 0. The van der Waals surface area contributed by atoms with Crippen molar-refractivity contribution in [1.82, 2.24) is 0 Å². The zero-order chi connectivity index (χ0) is 73.7. The Bertz CT molecular complexity index is 967. The predicted molar refractivity (Wildman–Crippen MR) is 487 cm³/mol. The quantitative estimate of drug-likeness (QED) is 0.0323. The van der Waals surface area contributed by atoms with Crippen LogP contribution in [0.3, 0.4) is 0 Å². The normalized spacial score (nSPS) is 11.2. The van der Waals surface area contributed by atoms with Gasteiger partial charge in [0.15, 0.2) is 0 Å². The first-order valence-corrected chi connectivity index (χ1v) is 55.9. The van der Waals surface area contributed by atoms with E-state index in [4.69, 9.17) is 0 Å². The second-order valence-electron chi connectivity index (χ2n) is 32.6. The molecule has 0 saturated heterocycles. The molecule has 7 heteroatoms. The van der Waals surface area contributed by atoms with Crippen LogP contribution in [0.15, 0.2) is 0 Å². The molecule has 0 unspecified atom stereocenters. The summed E-state index contributed by atoms with van der Waals surface area (Å²) in [6.45, 7) is 27.8. The zero-order valence-corrected chi connectivity index (χ0v) is 80.3. The smallest absolute Gasteiger partial charge is 1.00 e. The second-order valence-corrected chi connectivity index (χ2v) is 43.3. The minimum absolute atomic E-state index is 0. The van der Waals surface area contributed by atoms with Gasteiger partial charge in [-0.2, -0.15) is 0 Å². The third-order valence-corrected chi connectivity index (χ3v) is 33.3. The van der Waals surface area contributed by atoms with Crippen molar-refractivity contribution in [2.75, 3.05) is 73.9 Å². The summed E-state index contributed by atoms with van der Waals surface area (Å²) < 4.78 is 0. The van der Waals surface area contributed by atoms with Crippen molar-refractivity contribution in [1.29, 1.82) is 0 Å². The van der Waals surface area contributed by atoms with Crippen molar-refractivity contribution in [3.8, 4) is 0 Å². The van der Waals surface area contributed by atoms with Gasteiger partial charge in [0.25, 0.3) is 0 Å². The van der Waals surface area contributed by atoms with Gasteiger partial charge in [-0.25, -0.2) is 0 Å². The number of unbranched alkanes of at least 4 members (excludes halogenated alkanes) is 60. The molecule has 0 aliphatic heterocycles. The molecule has 0 rings (SSSR count). The summed E-state index contributed by atoms with van der Waals surface area (Å²) in [5.41, 5.74) is 0. The van der Waals surface area contributed by atoms with Gasteiger partial charge in [0.1, 0.15) is 0 Å². The van der Waals surface area contributed by atoms with Crippen molar-refractivity contribution < 1.29 is 41.3 Å². The molecular weight excluding hydrogens is 1410 g/mol. The molecule has 0 saturated carbocycles. The first-order valence-electron chi connectivity index (χ1n) is 48.3. The Kier molecular flexibility index (Phi) is 134. The molecule has 0 aromatic rings. The minimum atomic E-state index is 0. The fraction of sp³-hybridized carbons (Fsp3) is 1.00. The number of hydrogen-bond acceptors (Lipinski definition) is 0. The molecule has 0 radical (unpaired) electrons. The zero-order valence-electron chi connectivity index (χ0n) is 74.3. The Morgan fingerprint density at radius 2 is 0.155 bits per heavy atom. The monoisotopic (exact) mass is 1610 g/mol. The standard InChI is InChI=1S/4C24H51P.2ClH.Ni/c4*1-4-7-10-13-16-19-22-25(23-20-17-14-11-8-5-2)24-21-18-15-12-9-6-3;;;/h4*4-24H2,1-3H3;2*1H;/q;;;;;;+2/p-2. The second kappa shape index (κ2) is 116. The van der Waals surface area contributed by atoms with Crippen LogP contribution in [0.1, 0.15) is 545 Å². The van der Waals surface area contributed by atoms with E-state index in [2.05, 4.69) is 83.1 Å². The maximum Gasteiger partial charge on any atom is 2.00 e. The van der Waals surface area contributed by atoms with E-state index in [1.807, 2.05) is 0 Å². The van der Waals surface area contributed by atoms with Gasteiger partial charge in [-0.05, 0) is 151 Å². The fourth-order valence-electron chi connectivity index (χ4n) is 14.7. The van der Waals surface area contributed by atoms with Gasteiger partial charge in [0.2, 0.25) is 0 Å². The summed E-state index contributed by atoms with van der Waals surface area (Å²) in [6.07, 6.45) is 125. The van der Waals surface area contributed by atoms with Crippen LogP contribution in [0.2, 0.25) is 0 Å². The Morgan fingerprint density at radius 3 is 0.223 bits per heavy atom. The summed E-state index contributed by atoms with van der Waals surface area (Å²) in [6, 6.07) is 0. The van der Waals surface area contributed by atoms with Gasteiger partial charge in [0, 0.05) is 0 Å². The summed E-state index contributed by atoms with van der Waals surface area (Å²) in [7, 11) is 1.46. The van der Waals surface area contributed by atoms with Gasteiger partial charge in [-0.3, -0.25) is 0 Å². The SMILES string of the molecule is CCCCCCCCP(CCCCCCCC)CCCCCCCC.CCCCCCCCP(CCCCCCCC)CCCCCCCC.CCCCCCCCP(CCCCCCCC)CCCCCCCC.CCCCCCCCP(CCCCCCCC)CCCCCCCC.[Cl-].[Cl-].[Ni+2]. The van der Waals surface area contributed by atoms with Crippen molar-refractivity contribution in [3.63, 3.8) is 0 Å². The average molecular weight is 1610 g/mol. The summed E-state index contributed by atoms with van der Waals surface area (Å²) in [5.74, 6) is 0. The number of rotatable bonds is 84. The average Bonchev–Trinajstić information content (AvgIpc) is 1.87. The molecule has 0 fully saturated rings. The van der Waals surface area contributed by atoms with Crippen LogP contribution >= 0.6 is 31.7 Å². The molecule has 632 valence electrons. The molecule has 0 spiro atoms. The maximum atomic E-state index is 2.32. The van der Waals surface area contributed by atoms with E-state index in [-0.39, 0.29) is 41.3 Å². The van der Waals surface area contributed by atoms with E-state index in [0.717, 1.165) is 0 Å². The Hall–Kier alpha value is 2.79. The molecule has 0 aromatic heterocycles. The minimum Gasteiger partial charge on any atom is -1.00 e. The molecule has 0 aromatic carbocycles. The topological polar surface area (TPSA) is 0 Å². The van der Waals surface area contributed by atoms with E-state index in [1.54, 1.807) is 73.9 Å². The van der Waals surface area contributed by atoms with Crippen molar-refractivity contribution in [3.05, 3.63) is 0 Å². The Balaban J connectivity index is -0.000000236. The van der Waals surface area contributed by atoms with Gasteiger partial charge < -0.3 is 24.8 Å². The van der Waals surface area contributed by atoms with Crippen LogP contribution in [0.25, 0.3) is 0 Å². The van der Waals surface area contributed by atoms with Gasteiger partial charge in [-0.15, -0.1) is 31.7 Å². The van der Waals surface area contributed by atoms with Crippen LogP contribution < -0.4 is 24.8 Å². The van der Waals surface area contributed by atoms with Crippen molar-refractivity contribution in [2.45, 2.75) is 545 Å². The van der Waals surface area contributed by atoms with E-state index in [1.165, 1.54) is 462 Å². The largest absolute Gasteiger partial charge is 2.00 e. The molecule has 0 amide bonds. The Labute approximate surface area is 687 Å². The molecule has 0 N–H and O–H groups in total. The molecule has 103 heavy (non-hydrogen) atoms. The summed E-state index contributed by atoms with van der Waals surface area (Å²) >= 11 is 0. The maximum absolute atomic E-state index is 2.32. The Morgan fingerprint density at radius 1 is 0.0971 bits per heavy atom. The van der Waals surface area contributed by atoms with Crippen LogP contribution in [0.5, 0.6) is 0 Å². The third-order valence-electron chi connectivity index (χ3n) is 21.9. The van der Waals surface area contributed by atoms with E-state index in [0.29, 0.717) is 31.7 Å². The van der Waals surface area contributed by atoms with Crippen molar-refractivity contribution in [2.24, 2.45) is 0 Å². The van der Waals surface area contributed by atoms with Crippen LogP contribution in [0.4, 0.5) is 0 Å². The van der Waals surface area contributed by atoms with Crippen LogP contribution in [-0.2, 0) is 16.5 Å². The summed E-state index contributed by atoms with van der Waals surface area (Å²) in [5, 5.41) is 0. The number of halogens is 2. The molecule has 0 atom stereocenters. The van der Waals surface area contributed by atoms with Gasteiger partial charge in [-0.1, -0.05) is 468 Å². The molecule has 0 bridgehead atoms. The molecule has 0 heterocycles. The summed E-state index contributed by atoms with van der Waals surface area (Å²) in [4.78, 5) is 0. The van der Waals surface area contributed by atoms with Crippen LogP contribution in [0, 0.1) is 0 Å². The van der Waals surface area contributed by atoms with Crippen molar-refractivity contribution >= 4 is 31.7 Å². The third kappa shape index (κ3) is 113. The first-order chi connectivity index (χ1) is 49.4. The van der Waals surface area contributed by atoms with Gasteiger partial charge in [0.05, 0.1) is 0 Å². The van der Waals surface area contributed by atoms with E-state index < -0.39 is 0 Å². The molecular formula is C96H204Cl2NiP4. The van der Waals surface area contributed by atoms with E-state index in [9.17, 15) is 0 Å². The fourth-order valence-corrected chi connectivity index (χ4v) is 25.5. The van der Waals surface area contributed by atoms with Gasteiger partial charge >= 0.3 is 16.5 Å². The van der Waals surface area contributed by atoms with Crippen LogP contribution in [-0.4, -0.2) is 73.9 Å². The molecule has 0 aliphatic rings. The molecule has 0 nitrogen and oxygen atoms in total. The molecule has 0 aliphatic carbocycles. The predicted octanol–water partition coefficient (Wildman–Crippen LogP) is 32.2. The van der Waals surface area contributed by atoms with E-state index >= 15 is 0 Å². The first kappa shape index (κ1) is 119.